The van der Waals surface area contributed by atoms with Crippen LogP contribution in [0.1, 0.15) is 56.1 Å². The Bertz CT molecular complexity index is 1030. The summed E-state index contributed by atoms with van der Waals surface area (Å²) in [4.78, 5) is 14.9. The van der Waals surface area contributed by atoms with Crippen LogP contribution in [0.4, 0.5) is 5.69 Å². The zero-order valence-electron chi connectivity index (χ0n) is 18.3. The van der Waals surface area contributed by atoms with Gasteiger partial charge in [0.1, 0.15) is 5.75 Å². The van der Waals surface area contributed by atoms with Crippen LogP contribution < -0.4 is 15.1 Å². The topological polar surface area (TPSA) is 53.9 Å². The van der Waals surface area contributed by atoms with Gasteiger partial charge in [0.25, 0.3) is 5.91 Å². The van der Waals surface area contributed by atoms with Crippen molar-refractivity contribution >= 4 is 39.3 Å². The van der Waals surface area contributed by atoms with E-state index >= 15 is 0 Å². The zero-order valence-corrected chi connectivity index (χ0v) is 19.9. The van der Waals surface area contributed by atoms with Crippen LogP contribution in [0, 0.1) is 0 Å². The number of methoxy groups -OCH3 is 1. The molecule has 6 heteroatoms. The first kappa shape index (κ1) is 22.1. The van der Waals surface area contributed by atoms with E-state index in [4.69, 9.17) is 4.74 Å². The summed E-state index contributed by atoms with van der Waals surface area (Å²) in [6, 6.07) is 11.9. The second kappa shape index (κ2) is 8.64. The number of rotatable bonds is 5. The number of amides is 1. The summed E-state index contributed by atoms with van der Waals surface area (Å²) in [5.74, 6) is 0.169. The number of benzene rings is 2. The Kier molecular flexibility index (Phi) is 6.36. The molecule has 1 N–H and O–H groups in total. The van der Waals surface area contributed by atoms with Crippen molar-refractivity contribution in [2.24, 2.45) is 5.10 Å². The smallest absolute Gasteiger partial charge is 0.275 e. The molecule has 0 aliphatic carbocycles. The molecule has 1 heterocycles. The van der Waals surface area contributed by atoms with E-state index < -0.39 is 0 Å². The maximum absolute atomic E-state index is 12.5. The Morgan fingerprint density at radius 2 is 1.97 bits per heavy atom. The number of hydrazone groups is 1. The third-order valence-corrected chi connectivity index (χ3v) is 5.69. The maximum Gasteiger partial charge on any atom is 0.275 e. The minimum Gasteiger partial charge on any atom is -0.496 e. The predicted molar refractivity (Wildman–Crippen MR) is 128 cm³/mol. The highest BCUT2D eigenvalue weighted by molar-refractivity contribution is 9.10. The second-order valence-corrected chi connectivity index (χ2v) is 9.18. The van der Waals surface area contributed by atoms with Crippen molar-refractivity contribution < 1.29 is 9.53 Å². The summed E-state index contributed by atoms with van der Waals surface area (Å²) in [6.07, 6.45) is 3.97. The average Bonchev–Trinajstić information content (AvgIpc) is 2.67. The van der Waals surface area contributed by atoms with Crippen molar-refractivity contribution in [3.63, 3.8) is 0 Å². The van der Waals surface area contributed by atoms with Gasteiger partial charge in [-0.2, -0.15) is 5.10 Å². The number of nitrogens with zero attached hydrogens (tertiary/aromatic N) is 2. The lowest BCUT2D eigenvalue weighted by Crippen LogP contribution is -2.49. The molecule has 2 aromatic rings. The fourth-order valence-electron chi connectivity index (χ4n) is 4.17. The number of carbonyl (C=O) groups is 1. The van der Waals surface area contributed by atoms with Crippen LogP contribution in [0.2, 0.25) is 0 Å². The number of allylic oxidation sites excluding steroid dienone is 1. The van der Waals surface area contributed by atoms with Crippen LogP contribution in [-0.4, -0.2) is 30.8 Å². The van der Waals surface area contributed by atoms with Gasteiger partial charge in [0.2, 0.25) is 0 Å². The van der Waals surface area contributed by atoms with E-state index in [-0.39, 0.29) is 11.4 Å². The number of hydrogen-bond acceptors (Lipinski definition) is 4. The minimum atomic E-state index is -0.328. The summed E-state index contributed by atoms with van der Waals surface area (Å²) in [5.41, 5.74) is 7.53. The van der Waals surface area contributed by atoms with Crippen molar-refractivity contribution in [2.45, 2.75) is 46.2 Å². The molecule has 158 valence electrons. The number of anilines is 1. The van der Waals surface area contributed by atoms with Gasteiger partial charge in [0.05, 0.1) is 24.4 Å². The Morgan fingerprint density at radius 1 is 1.23 bits per heavy atom. The minimum absolute atomic E-state index is 0.0438. The average molecular weight is 470 g/mol. The van der Waals surface area contributed by atoms with Gasteiger partial charge in [0, 0.05) is 21.8 Å². The predicted octanol–water partition coefficient (Wildman–Crippen LogP) is 5.63. The molecule has 2 aromatic carbocycles. The number of hydrogen-bond donors (Lipinski definition) is 1. The van der Waals surface area contributed by atoms with Gasteiger partial charge < -0.3 is 9.64 Å². The lowest BCUT2D eigenvalue weighted by atomic mass is 9.87. The van der Waals surface area contributed by atoms with Gasteiger partial charge in [0.15, 0.2) is 0 Å². The fourth-order valence-corrected chi connectivity index (χ4v) is 4.54. The first-order valence-corrected chi connectivity index (χ1v) is 10.7. The molecule has 0 saturated heterocycles. The van der Waals surface area contributed by atoms with Gasteiger partial charge in [-0.15, -0.1) is 0 Å². The van der Waals surface area contributed by atoms with E-state index in [1.165, 1.54) is 23.9 Å². The molecule has 0 bridgehead atoms. The van der Waals surface area contributed by atoms with Crippen LogP contribution in [0.3, 0.4) is 0 Å². The van der Waals surface area contributed by atoms with Gasteiger partial charge in [-0.05, 0) is 76.1 Å². The molecule has 0 aromatic heterocycles. The van der Waals surface area contributed by atoms with E-state index in [1.54, 1.807) is 18.3 Å². The molecule has 3 rings (SSSR count). The lowest BCUT2D eigenvalue weighted by molar-refractivity contribution is 0.0952. The normalized spacial score (nSPS) is 15.2. The van der Waals surface area contributed by atoms with Gasteiger partial charge in [-0.1, -0.05) is 28.1 Å². The third-order valence-electron chi connectivity index (χ3n) is 5.20. The molecule has 0 radical (unpaired) electrons. The molecular formula is C24H28BrN3O2. The summed E-state index contributed by atoms with van der Waals surface area (Å²) >= 11 is 3.38. The van der Waals surface area contributed by atoms with Crippen LogP contribution in [-0.2, 0) is 0 Å². The molecule has 0 unspecified atom stereocenters. The van der Waals surface area contributed by atoms with E-state index in [9.17, 15) is 4.79 Å². The Balaban J connectivity index is 1.82. The highest BCUT2D eigenvalue weighted by Gasteiger charge is 2.32. The van der Waals surface area contributed by atoms with Gasteiger partial charge >= 0.3 is 0 Å². The quantitative estimate of drug-likeness (QED) is 0.455. The van der Waals surface area contributed by atoms with Crippen LogP contribution in [0.25, 0.3) is 5.57 Å². The highest BCUT2D eigenvalue weighted by atomic mass is 79.9. The molecule has 1 amide bonds. The maximum atomic E-state index is 12.5. The third kappa shape index (κ3) is 4.43. The lowest BCUT2D eigenvalue weighted by Gasteiger charge is -2.46. The molecule has 1 aliphatic heterocycles. The molecule has 0 spiro atoms. The van der Waals surface area contributed by atoms with Crippen molar-refractivity contribution in [1.29, 1.82) is 0 Å². The number of fused-ring (bicyclic) bond motifs is 1. The number of ether oxygens (including phenoxy) is 1. The van der Waals surface area contributed by atoms with E-state index in [1.807, 2.05) is 12.1 Å². The summed E-state index contributed by atoms with van der Waals surface area (Å²) in [7, 11) is 1.54. The monoisotopic (exact) mass is 469 g/mol. The van der Waals surface area contributed by atoms with Gasteiger partial charge in [-0.25, -0.2) is 5.43 Å². The van der Waals surface area contributed by atoms with E-state index in [2.05, 4.69) is 84.2 Å². The van der Waals surface area contributed by atoms with E-state index in [0.717, 1.165) is 10.0 Å². The number of halogens is 1. The Hall–Kier alpha value is -2.60. The van der Waals surface area contributed by atoms with Crippen molar-refractivity contribution in [3.05, 3.63) is 63.6 Å². The first-order chi connectivity index (χ1) is 14.1. The molecule has 0 atom stereocenters. The van der Waals surface area contributed by atoms with Crippen LogP contribution in [0.15, 0.2) is 52.0 Å². The molecule has 5 nitrogen and oxygen atoms in total. The standard InChI is InChI=1S/C24H28BrN3O2/c1-15(2)28-21-9-7-17(11-19(21)16(3)13-24(28,4)5)14-26-27-23(29)20-12-18(25)8-10-22(20)30-6/h7-15H,1-6H3,(H,27,29)/b26-14-. The summed E-state index contributed by atoms with van der Waals surface area (Å²) in [6.45, 7) is 11.0. The SMILES string of the molecule is COc1ccc(Br)cc1C(=O)N/N=C\c1ccc2c(c1)C(C)=CC(C)(C)N2C(C)C. The second-order valence-electron chi connectivity index (χ2n) is 8.27. The molecule has 0 fully saturated rings. The molecule has 0 saturated carbocycles. The summed E-state index contributed by atoms with van der Waals surface area (Å²) in [5, 5.41) is 4.15. The van der Waals surface area contributed by atoms with Crippen molar-refractivity contribution in [2.75, 3.05) is 12.0 Å². The van der Waals surface area contributed by atoms with Crippen molar-refractivity contribution in [3.8, 4) is 5.75 Å². The van der Waals surface area contributed by atoms with Gasteiger partial charge in [-0.3, -0.25) is 4.79 Å². The fraction of sp³-hybridized carbons (Fsp3) is 0.333. The number of carbonyl (C=O) groups excluding carboxylic acids is 1. The largest absolute Gasteiger partial charge is 0.496 e. The number of nitrogens with one attached hydrogen (secondary N) is 1. The molecular weight excluding hydrogens is 442 g/mol. The Labute approximate surface area is 186 Å². The van der Waals surface area contributed by atoms with E-state index in [0.29, 0.717) is 17.4 Å². The summed E-state index contributed by atoms with van der Waals surface area (Å²) < 4.78 is 6.06. The van der Waals surface area contributed by atoms with Crippen molar-refractivity contribution in [1.82, 2.24) is 5.43 Å². The van der Waals surface area contributed by atoms with Crippen LogP contribution >= 0.6 is 15.9 Å². The highest BCUT2D eigenvalue weighted by Crippen LogP contribution is 2.40. The zero-order chi connectivity index (χ0) is 22.1. The first-order valence-electron chi connectivity index (χ1n) is 9.94. The van der Waals surface area contributed by atoms with Crippen LogP contribution in [0.5, 0.6) is 5.75 Å². The Morgan fingerprint density at radius 3 is 2.63 bits per heavy atom. The molecule has 30 heavy (non-hydrogen) atoms. The molecule has 1 aliphatic rings.